The molecule has 0 unspecified atom stereocenters. The zero-order valence-electron chi connectivity index (χ0n) is 14.0. The van der Waals surface area contributed by atoms with Gasteiger partial charge in [0, 0.05) is 5.70 Å². The van der Waals surface area contributed by atoms with Crippen LogP contribution in [0.2, 0.25) is 0 Å². The third-order valence-electron chi connectivity index (χ3n) is 3.83. The van der Waals surface area contributed by atoms with E-state index in [1.807, 2.05) is 6.26 Å². The van der Waals surface area contributed by atoms with E-state index in [9.17, 15) is 15.0 Å². The van der Waals surface area contributed by atoms with Gasteiger partial charge < -0.3 is 20.3 Å². The standard InChI is InChI=1S/C16H18N4O4S/c1-4-24-14(23)12-8(2)17-15-18-16(25-3)19-20(15)13(12)9-5-6-10(21)11(22)7-9/h5-7,13,21-22H,4H2,1-3H3,(H,17,18,19)/t13-/m0/s1. The third kappa shape index (κ3) is 3.02. The Morgan fingerprint density at radius 1 is 1.40 bits per heavy atom. The fourth-order valence-corrected chi connectivity index (χ4v) is 3.06. The molecule has 1 aliphatic rings. The number of ether oxygens (including phenoxy) is 1. The lowest BCUT2D eigenvalue weighted by Crippen LogP contribution is -2.29. The van der Waals surface area contributed by atoms with E-state index in [0.717, 1.165) is 0 Å². The minimum atomic E-state index is -0.629. The Balaban J connectivity index is 2.18. The second-order valence-corrected chi connectivity index (χ2v) is 6.17. The predicted octanol–water partition coefficient (Wildman–Crippen LogP) is 2.26. The van der Waals surface area contributed by atoms with E-state index in [1.165, 1.54) is 23.9 Å². The minimum absolute atomic E-state index is 0.236. The summed E-state index contributed by atoms with van der Waals surface area (Å²) in [5, 5.41) is 27.5. The van der Waals surface area contributed by atoms with Crippen LogP contribution in [-0.2, 0) is 9.53 Å². The summed E-state index contributed by atoms with van der Waals surface area (Å²) < 4.78 is 6.77. The highest BCUT2D eigenvalue weighted by Gasteiger charge is 2.35. The molecule has 1 aromatic carbocycles. The summed E-state index contributed by atoms with van der Waals surface area (Å²) in [6.07, 6.45) is 1.86. The number of esters is 1. The topological polar surface area (TPSA) is 110 Å². The number of benzene rings is 1. The van der Waals surface area contributed by atoms with Crippen molar-refractivity contribution in [2.45, 2.75) is 25.0 Å². The molecule has 0 spiro atoms. The van der Waals surface area contributed by atoms with Gasteiger partial charge in [0.15, 0.2) is 11.5 Å². The highest BCUT2D eigenvalue weighted by molar-refractivity contribution is 7.98. The van der Waals surface area contributed by atoms with Crippen molar-refractivity contribution in [3.05, 3.63) is 35.0 Å². The number of thioether (sulfide) groups is 1. The monoisotopic (exact) mass is 362 g/mol. The van der Waals surface area contributed by atoms with Gasteiger partial charge in [-0.1, -0.05) is 17.8 Å². The van der Waals surface area contributed by atoms with Gasteiger partial charge >= 0.3 is 5.97 Å². The number of aromatic nitrogens is 3. The van der Waals surface area contributed by atoms with E-state index in [0.29, 0.717) is 27.9 Å². The maximum absolute atomic E-state index is 12.5. The van der Waals surface area contributed by atoms with Crippen molar-refractivity contribution in [2.75, 3.05) is 18.2 Å². The number of hydrogen-bond acceptors (Lipinski definition) is 8. The fourth-order valence-electron chi connectivity index (χ4n) is 2.71. The van der Waals surface area contributed by atoms with Crippen LogP contribution in [0.25, 0.3) is 0 Å². The number of phenolic OH excluding ortho intramolecular Hbond substituents is 2. The maximum atomic E-state index is 12.5. The molecule has 132 valence electrons. The first kappa shape index (κ1) is 17.2. The van der Waals surface area contributed by atoms with Gasteiger partial charge in [-0.2, -0.15) is 4.98 Å². The summed E-state index contributed by atoms with van der Waals surface area (Å²) >= 11 is 1.38. The molecule has 0 saturated carbocycles. The number of aromatic hydroxyl groups is 2. The normalized spacial score (nSPS) is 16.4. The Morgan fingerprint density at radius 2 is 2.16 bits per heavy atom. The average Bonchev–Trinajstić information content (AvgIpc) is 2.99. The van der Waals surface area contributed by atoms with E-state index in [2.05, 4.69) is 15.4 Å². The number of carbonyl (C=O) groups is 1. The van der Waals surface area contributed by atoms with Crippen molar-refractivity contribution in [1.29, 1.82) is 0 Å². The lowest BCUT2D eigenvalue weighted by atomic mass is 9.95. The summed E-state index contributed by atoms with van der Waals surface area (Å²) in [5.41, 5.74) is 1.55. The molecule has 0 saturated heterocycles. The highest BCUT2D eigenvalue weighted by atomic mass is 32.2. The molecule has 25 heavy (non-hydrogen) atoms. The number of allylic oxidation sites excluding steroid dienone is 1. The highest BCUT2D eigenvalue weighted by Crippen LogP contribution is 2.38. The van der Waals surface area contributed by atoms with E-state index in [4.69, 9.17) is 4.74 Å². The number of rotatable bonds is 4. The summed E-state index contributed by atoms with van der Waals surface area (Å²) in [7, 11) is 0. The summed E-state index contributed by atoms with van der Waals surface area (Å²) in [5.74, 6) is -0.493. The van der Waals surface area contributed by atoms with E-state index in [-0.39, 0.29) is 18.1 Å². The first-order chi connectivity index (χ1) is 12.0. The van der Waals surface area contributed by atoms with E-state index < -0.39 is 12.0 Å². The molecular formula is C16H18N4O4S. The third-order valence-corrected chi connectivity index (χ3v) is 4.36. The van der Waals surface area contributed by atoms with Crippen LogP contribution in [0.4, 0.5) is 5.95 Å². The quantitative estimate of drug-likeness (QED) is 0.432. The van der Waals surface area contributed by atoms with Crippen molar-refractivity contribution in [3.63, 3.8) is 0 Å². The van der Waals surface area contributed by atoms with Crippen molar-refractivity contribution in [2.24, 2.45) is 0 Å². The zero-order valence-corrected chi connectivity index (χ0v) is 14.8. The van der Waals surface area contributed by atoms with Crippen LogP contribution >= 0.6 is 11.8 Å². The molecule has 2 heterocycles. The first-order valence-corrected chi connectivity index (χ1v) is 8.86. The fraction of sp³-hybridized carbons (Fsp3) is 0.312. The van der Waals surface area contributed by atoms with Crippen molar-refractivity contribution in [1.82, 2.24) is 14.8 Å². The van der Waals surface area contributed by atoms with Gasteiger partial charge in [0.1, 0.15) is 6.04 Å². The molecule has 0 bridgehead atoms. The number of nitrogens with one attached hydrogen (secondary N) is 1. The van der Waals surface area contributed by atoms with Gasteiger partial charge in [0.2, 0.25) is 11.1 Å². The van der Waals surface area contributed by atoms with E-state index in [1.54, 1.807) is 24.6 Å². The summed E-state index contributed by atoms with van der Waals surface area (Å²) in [6, 6.07) is 3.77. The summed E-state index contributed by atoms with van der Waals surface area (Å²) in [4.78, 5) is 16.9. The molecule has 0 aliphatic carbocycles. The predicted molar refractivity (Wildman–Crippen MR) is 92.7 cm³/mol. The second-order valence-electron chi connectivity index (χ2n) is 5.40. The molecule has 1 aliphatic heterocycles. The van der Waals surface area contributed by atoms with Crippen LogP contribution in [0.3, 0.4) is 0 Å². The van der Waals surface area contributed by atoms with Gasteiger partial charge in [-0.3, -0.25) is 0 Å². The van der Waals surface area contributed by atoms with E-state index >= 15 is 0 Å². The lowest BCUT2D eigenvalue weighted by molar-refractivity contribution is -0.139. The molecule has 0 amide bonds. The van der Waals surface area contributed by atoms with Crippen LogP contribution in [0, 0.1) is 0 Å². The number of anilines is 1. The molecule has 3 N–H and O–H groups in total. The van der Waals surface area contributed by atoms with Crippen molar-refractivity contribution in [3.8, 4) is 11.5 Å². The number of carbonyl (C=O) groups excluding carboxylic acids is 1. The molecule has 1 aromatic heterocycles. The zero-order chi connectivity index (χ0) is 18.1. The average molecular weight is 362 g/mol. The molecule has 2 aromatic rings. The Hall–Kier alpha value is -2.68. The number of phenols is 2. The SMILES string of the molecule is CCOC(=O)C1=C(C)Nc2nc(SC)nn2[C@H]1c1ccc(O)c(O)c1. The van der Waals surface area contributed by atoms with Gasteiger partial charge in [-0.15, -0.1) is 5.10 Å². The molecule has 9 heteroatoms. The van der Waals surface area contributed by atoms with Gasteiger partial charge in [0.05, 0.1) is 12.2 Å². The van der Waals surface area contributed by atoms with Gasteiger partial charge in [0.25, 0.3) is 0 Å². The van der Waals surface area contributed by atoms with Gasteiger partial charge in [-0.25, -0.2) is 9.48 Å². The Labute approximate surface area is 148 Å². The van der Waals surface area contributed by atoms with Crippen LogP contribution < -0.4 is 5.32 Å². The maximum Gasteiger partial charge on any atom is 0.338 e. The van der Waals surface area contributed by atoms with Crippen LogP contribution in [0.5, 0.6) is 11.5 Å². The minimum Gasteiger partial charge on any atom is -0.504 e. The largest absolute Gasteiger partial charge is 0.504 e. The van der Waals surface area contributed by atoms with Crippen molar-refractivity contribution >= 4 is 23.7 Å². The Morgan fingerprint density at radius 3 is 2.80 bits per heavy atom. The molecule has 0 fully saturated rings. The van der Waals surface area contributed by atoms with Crippen LogP contribution in [-0.4, -0.2) is 43.8 Å². The second kappa shape index (κ2) is 6.67. The van der Waals surface area contributed by atoms with Crippen LogP contribution in [0.1, 0.15) is 25.5 Å². The summed E-state index contributed by atoms with van der Waals surface area (Å²) in [6.45, 7) is 3.73. The molecular weight excluding hydrogens is 344 g/mol. The van der Waals surface area contributed by atoms with Crippen molar-refractivity contribution < 1.29 is 19.7 Å². The molecule has 0 radical (unpaired) electrons. The Kier molecular flexibility index (Phi) is 4.58. The Bertz CT molecular complexity index is 862. The van der Waals surface area contributed by atoms with Gasteiger partial charge in [-0.05, 0) is 37.8 Å². The molecule has 3 rings (SSSR count). The van der Waals surface area contributed by atoms with Crippen LogP contribution in [0.15, 0.2) is 34.6 Å². The lowest BCUT2D eigenvalue weighted by Gasteiger charge is -2.28. The molecule has 8 nitrogen and oxygen atoms in total. The number of hydrogen-bond donors (Lipinski definition) is 3. The number of fused-ring (bicyclic) bond motifs is 1. The smallest absolute Gasteiger partial charge is 0.338 e. The first-order valence-electron chi connectivity index (χ1n) is 7.63. The molecule has 1 atom stereocenters. The number of nitrogens with zero attached hydrogens (tertiary/aromatic N) is 3.